The lowest BCUT2D eigenvalue weighted by atomic mass is 9.95. The second-order valence-corrected chi connectivity index (χ2v) is 22.5. The van der Waals surface area contributed by atoms with Crippen molar-refractivity contribution in [1.29, 1.82) is 5.41 Å². The van der Waals surface area contributed by atoms with Crippen LogP contribution >= 0.6 is 0 Å². The monoisotopic (exact) mass is 1230 g/mol. The molecule has 14 atom stereocenters. The van der Waals surface area contributed by atoms with E-state index in [1.165, 1.54) is 44.2 Å². The van der Waals surface area contributed by atoms with Crippen molar-refractivity contribution in [3.63, 3.8) is 0 Å². The summed E-state index contributed by atoms with van der Waals surface area (Å²) in [6, 6.07) is -9.56. The fraction of sp³-hybridized carbons (Fsp3) is 0.655. The van der Waals surface area contributed by atoms with Gasteiger partial charge in [-0.2, -0.15) is 0 Å². The number of hydrogen-bond donors (Lipinski definition) is 19. The van der Waals surface area contributed by atoms with Crippen molar-refractivity contribution in [3.05, 3.63) is 35.9 Å². The van der Waals surface area contributed by atoms with Gasteiger partial charge in [-0.05, 0) is 61.8 Å². The number of amides is 11. The number of nitrogens with one attached hydrogen (secondary N) is 12. The molecule has 22 N–H and O–H groups in total. The summed E-state index contributed by atoms with van der Waals surface area (Å²) in [6.07, 6.45) is -8.40. The molecule has 1 aliphatic heterocycles. The van der Waals surface area contributed by atoms with Crippen molar-refractivity contribution >= 4 is 76.9 Å². The van der Waals surface area contributed by atoms with Crippen LogP contribution in [0.5, 0.6) is 0 Å². The molecule has 1 fully saturated rings. The van der Waals surface area contributed by atoms with Crippen molar-refractivity contribution in [2.75, 3.05) is 26.2 Å². The van der Waals surface area contributed by atoms with Crippen molar-refractivity contribution in [2.24, 2.45) is 40.9 Å². The molecule has 32 heteroatoms. The summed E-state index contributed by atoms with van der Waals surface area (Å²) < 4.78 is 5.88. The number of primary amides is 1. The molecule has 488 valence electrons. The quantitative estimate of drug-likeness (QED) is 0.0222. The Morgan fingerprint density at radius 3 is 1.80 bits per heavy atom. The van der Waals surface area contributed by atoms with Gasteiger partial charge in [-0.15, -0.1) is 0 Å². The number of ether oxygens (including phenoxy) is 1. The van der Waals surface area contributed by atoms with Crippen LogP contribution in [0.4, 0.5) is 0 Å². The maximum Gasteiger partial charge on any atom is 0.331 e. The van der Waals surface area contributed by atoms with Gasteiger partial charge >= 0.3 is 5.97 Å². The van der Waals surface area contributed by atoms with Crippen LogP contribution in [0.15, 0.2) is 30.3 Å². The highest BCUT2D eigenvalue weighted by molar-refractivity contribution is 6.00. The lowest BCUT2D eigenvalue weighted by molar-refractivity contribution is -0.159. The molecule has 1 saturated heterocycles. The number of rotatable bonds is 22. The third-order valence-electron chi connectivity index (χ3n) is 13.8. The van der Waals surface area contributed by atoms with E-state index in [1.54, 1.807) is 41.5 Å². The van der Waals surface area contributed by atoms with E-state index in [0.717, 1.165) is 6.92 Å². The summed E-state index contributed by atoms with van der Waals surface area (Å²) in [5.74, 6) is -17.1. The molecule has 87 heavy (non-hydrogen) atoms. The van der Waals surface area contributed by atoms with Crippen LogP contribution in [0.3, 0.4) is 0 Å². The first-order chi connectivity index (χ1) is 40.8. The number of aliphatic hydroxyl groups excluding tert-OH is 4. The molecule has 0 saturated carbocycles. The summed E-state index contributed by atoms with van der Waals surface area (Å²) in [4.78, 5) is 168. The number of nitrogens with two attached hydrogens (primary N) is 3. The maximum atomic E-state index is 15.2. The Balaban J connectivity index is 3.10. The molecule has 11 amide bonds. The molecule has 0 radical (unpaired) electrons. The summed E-state index contributed by atoms with van der Waals surface area (Å²) in [6.45, 7) is 11.6. The second-order valence-electron chi connectivity index (χ2n) is 22.5. The van der Waals surface area contributed by atoms with Gasteiger partial charge in [0.25, 0.3) is 0 Å². The first-order valence-electron chi connectivity index (χ1n) is 28.7. The number of carbonyl (C=O) groups is 12. The standard InChI is InChI=1S/C55H91N15O17/c1-10-28(8)37-50(82)68-38(29(9)72)49(81)61-23-36(74)66-40(43(76)45(57)77)52(84)65-34(24-71)54(86)87-44(30-15-12-11-13-16-30)41(70-48(80)32(21-25(2)3)62-35(73)18-19-56)53(85)69-39(42(75)27(6)7)51(83)64-33(22-26(4)5)47(79)63-31(46(78)67-37)17-14-20-60-55(58)59/h11-13,15-16,25-29,31-34,37-44,71-72,75-76H,10,14,17-24,56H2,1-9H3,(H2,57,77)(H,61,81)(H,62,73)(H,63,79)(H,64,83)(H,65,84)(H,66,74)(H,67,78)(H,68,82)(H,69,85)(H,70,80)(H4,58,59,60)/t28-,29-,31+,32-,33-,34-,37-,38-,39-,40-,41-,42+,43-,44+/m0/s1. The summed E-state index contributed by atoms with van der Waals surface area (Å²) >= 11 is 0. The van der Waals surface area contributed by atoms with Gasteiger partial charge in [0.2, 0.25) is 65.0 Å². The van der Waals surface area contributed by atoms with Gasteiger partial charge < -0.3 is 101 Å². The van der Waals surface area contributed by atoms with E-state index in [0.29, 0.717) is 0 Å². The Morgan fingerprint density at radius 2 is 1.26 bits per heavy atom. The molecule has 0 spiro atoms. The maximum absolute atomic E-state index is 15.2. The van der Waals surface area contributed by atoms with Crippen molar-refractivity contribution in [1.82, 2.24) is 58.5 Å². The molecule has 1 heterocycles. The zero-order valence-corrected chi connectivity index (χ0v) is 50.6. The molecule has 1 aromatic carbocycles. The van der Waals surface area contributed by atoms with E-state index in [4.69, 9.17) is 27.3 Å². The number of benzene rings is 1. The largest absolute Gasteiger partial charge is 0.453 e. The average molecular weight is 1230 g/mol. The minimum absolute atomic E-state index is 0.0166. The molecular weight excluding hydrogens is 1140 g/mol. The van der Waals surface area contributed by atoms with E-state index in [2.05, 4.69) is 47.9 Å². The molecule has 0 aliphatic carbocycles. The van der Waals surface area contributed by atoms with Gasteiger partial charge in [0.05, 0.1) is 25.4 Å². The fourth-order valence-corrected chi connectivity index (χ4v) is 8.78. The Kier molecular flexibility index (Phi) is 31.7. The number of guanidine groups is 1. The molecular formula is C55H91N15O17. The highest BCUT2D eigenvalue weighted by atomic mass is 16.5. The SMILES string of the molecule is CC[C@H](C)[C@@H]1NC(=O)[C@@H](CCCNC(=N)N)NC(=O)[C@H](CC(C)C)NC(=O)[C@H]([C@H](O)C(C)C)NC(=O)[C@@H](NC(=O)[C@H](CC(C)C)NC(=O)CCN)[C@@H](c2ccccc2)OC(=O)[C@H](CO)NC(=O)[C@H]([C@H](O)C(N)=O)NC(=O)CNC(=O)[C@H]([C@H](C)O)NC1=O. The van der Waals surface area contributed by atoms with Crippen LogP contribution in [-0.4, -0.2) is 196 Å². The zero-order chi connectivity index (χ0) is 66.0. The Bertz CT molecular complexity index is 2540. The topological polar surface area (TPSA) is 529 Å². The first-order valence-corrected chi connectivity index (χ1v) is 28.7. The number of aliphatic hydroxyl groups is 4. The summed E-state index contributed by atoms with van der Waals surface area (Å²) in [5, 5.41) is 77.9. The van der Waals surface area contributed by atoms with Gasteiger partial charge in [-0.3, -0.25) is 58.1 Å². The van der Waals surface area contributed by atoms with Crippen LogP contribution < -0.4 is 75.7 Å². The van der Waals surface area contributed by atoms with E-state index < -0.39 is 181 Å². The van der Waals surface area contributed by atoms with Crippen molar-refractivity contribution < 1.29 is 82.7 Å². The van der Waals surface area contributed by atoms with Crippen LogP contribution in [0.2, 0.25) is 0 Å². The molecule has 0 unspecified atom stereocenters. The third kappa shape index (κ3) is 24.7. The zero-order valence-electron chi connectivity index (χ0n) is 50.6. The number of carbonyl (C=O) groups excluding carboxylic acids is 12. The predicted octanol–water partition coefficient (Wildman–Crippen LogP) is -6.25. The van der Waals surface area contributed by atoms with E-state index in [-0.39, 0.29) is 69.0 Å². The van der Waals surface area contributed by atoms with Crippen molar-refractivity contribution in [2.45, 2.75) is 180 Å². The van der Waals surface area contributed by atoms with Crippen LogP contribution in [-0.2, 0) is 62.3 Å². The van der Waals surface area contributed by atoms with Gasteiger partial charge in [0.15, 0.2) is 24.2 Å². The molecule has 2 rings (SSSR count). The van der Waals surface area contributed by atoms with E-state index in [1.807, 2.05) is 10.6 Å². The normalized spacial score (nSPS) is 24.7. The number of hydrogen-bond acceptors (Lipinski definition) is 19. The third-order valence-corrected chi connectivity index (χ3v) is 13.8. The Morgan fingerprint density at radius 1 is 0.701 bits per heavy atom. The average Bonchev–Trinajstić information content (AvgIpc) is 3.61. The van der Waals surface area contributed by atoms with Gasteiger partial charge in [0.1, 0.15) is 48.3 Å². The van der Waals surface area contributed by atoms with Gasteiger partial charge in [-0.1, -0.05) is 92.1 Å². The summed E-state index contributed by atoms with van der Waals surface area (Å²) in [7, 11) is 0. The summed E-state index contributed by atoms with van der Waals surface area (Å²) in [5.41, 5.74) is 16.3. The number of esters is 1. The minimum atomic E-state index is -2.57. The van der Waals surface area contributed by atoms with Crippen LogP contribution in [0.1, 0.15) is 113 Å². The molecule has 1 aromatic rings. The van der Waals surface area contributed by atoms with E-state index in [9.17, 15) is 73.2 Å². The van der Waals surface area contributed by atoms with Crippen LogP contribution in [0.25, 0.3) is 0 Å². The lowest BCUT2D eigenvalue weighted by Gasteiger charge is -2.33. The molecule has 0 bridgehead atoms. The molecule has 1 aliphatic rings. The first kappa shape index (κ1) is 75.0. The lowest BCUT2D eigenvalue weighted by Crippen LogP contribution is -2.64. The van der Waals surface area contributed by atoms with Crippen molar-refractivity contribution in [3.8, 4) is 0 Å². The smallest absolute Gasteiger partial charge is 0.331 e. The Hall–Kier alpha value is -8.07. The second kappa shape index (κ2) is 36.8. The fourth-order valence-electron chi connectivity index (χ4n) is 8.78. The molecule has 0 aromatic heterocycles. The Labute approximate surface area is 504 Å². The van der Waals surface area contributed by atoms with Gasteiger partial charge in [0, 0.05) is 19.5 Å². The predicted molar refractivity (Wildman–Crippen MR) is 312 cm³/mol. The minimum Gasteiger partial charge on any atom is -0.453 e. The number of cyclic esters (lactones) is 1. The molecule has 32 nitrogen and oxygen atoms in total. The van der Waals surface area contributed by atoms with Gasteiger partial charge in [-0.25, -0.2) is 4.79 Å². The van der Waals surface area contributed by atoms with Crippen LogP contribution in [0, 0.1) is 29.1 Å². The highest BCUT2D eigenvalue weighted by Crippen LogP contribution is 2.25. The van der Waals surface area contributed by atoms with E-state index >= 15 is 4.79 Å². The highest BCUT2D eigenvalue weighted by Gasteiger charge is 2.43.